The van der Waals surface area contributed by atoms with Crippen LogP contribution in [0.4, 0.5) is 5.82 Å². The zero-order valence-corrected chi connectivity index (χ0v) is 16.1. The third-order valence-electron chi connectivity index (χ3n) is 4.67. The molecule has 0 bridgehead atoms. The summed E-state index contributed by atoms with van der Waals surface area (Å²) < 4.78 is 6.68. The van der Waals surface area contributed by atoms with E-state index >= 15 is 0 Å². The first kappa shape index (κ1) is 17.8. The molecule has 5 aromatic rings. The van der Waals surface area contributed by atoms with Crippen LogP contribution in [0.25, 0.3) is 28.2 Å². The second kappa shape index (κ2) is 7.29. The van der Waals surface area contributed by atoms with Gasteiger partial charge in [-0.2, -0.15) is 5.10 Å². The molecule has 0 radical (unpaired) electrons. The van der Waals surface area contributed by atoms with Crippen molar-refractivity contribution < 1.29 is 9.32 Å². The fourth-order valence-electron chi connectivity index (χ4n) is 3.26. The van der Waals surface area contributed by atoms with E-state index in [0.29, 0.717) is 17.2 Å². The van der Waals surface area contributed by atoms with Crippen LogP contribution in [0.5, 0.6) is 0 Å². The van der Waals surface area contributed by atoms with Gasteiger partial charge in [-0.3, -0.25) is 4.79 Å². The van der Waals surface area contributed by atoms with Crippen molar-refractivity contribution in [2.75, 3.05) is 5.32 Å². The Morgan fingerprint density at radius 3 is 2.30 bits per heavy atom. The summed E-state index contributed by atoms with van der Waals surface area (Å²) in [6.07, 6.45) is 0. The molecule has 0 saturated heterocycles. The summed E-state index contributed by atoms with van der Waals surface area (Å²) >= 11 is 0. The molecule has 146 valence electrons. The van der Waals surface area contributed by atoms with Gasteiger partial charge >= 0.3 is 0 Å². The lowest BCUT2D eigenvalue weighted by Gasteiger charge is -2.08. The van der Waals surface area contributed by atoms with E-state index in [1.807, 2.05) is 66.7 Å². The van der Waals surface area contributed by atoms with Crippen LogP contribution in [-0.4, -0.2) is 25.7 Å². The molecular weight excluding hydrogens is 378 g/mol. The molecule has 0 spiro atoms. The van der Waals surface area contributed by atoms with Gasteiger partial charge in [0.05, 0.1) is 11.4 Å². The average molecular weight is 395 g/mol. The number of hydrogen-bond acceptors (Lipinski definition) is 5. The monoisotopic (exact) mass is 395 g/mol. The van der Waals surface area contributed by atoms with Gasteiger partial charge < -0.3 is 9.84 Å². The zero-order chi connectivity index (χ0) is 20.5. The Morgan fingerprint density at radius 1 is 0.933 bits per heavy atom. The maximum atomic E-state index is 12.7. The summed E-state index contributed by atoms with van der Waals surface area (Å²) in [5.74, 6) is 0.575. The minimum Gasteiger partial charge on any atom is -0.360 e. The standard InChI is InChI=1S/C23H17N5O2/c1-15-12-21(27-30-15)25-23(29)19-14-22-24-18(16-8-4-2-5-9-16)13-20(28(22)26-19)17-10-6-3-7-11-17/h2-14H,1H3,(H,25,27,29). The molecule has 0 aliphatic rings. The Morgan fingerprint density at radius 2 is 1.63 bits per heavy atom. The molecule has 0 fully saturated rings. The molecule has 1 N–H and O–H groups in total. The fraction of sp³-hybridized carbons (Fsp3) is 0.0435. The molecule has 30 heavy (non-hydrogen) atoms. The maximum Gasteiger partial charge on any atom is 0.277 e. The van der Waals surface area contributed by atoms with Crippen molar-refractivity contribution in [1.82, 2.24) is 19.8 Å². The first-order valence-corrected chi connectivity index (χ1v) is 9.44. The van der Waals surface area contributed by atoms with Gasteiger partial charge in [0.2, 0.25) is 0 Å². The molecule has 0 unspecified atom stereocenters. The summed E-state index contributed by atoms with van der Waals surface area (Å²) in [6.45, 7) is 1.76. The number of carbonyl (C=O) groups is 1. The van der Waals surface area contributed by atoms with Crippen LogP contribution in [0, 0.1) is 6.92 Å². The molecule has 7 heteroatoms. The summed E-state index contributed by atoms with van der Waals surface area (Å²) in [5.41, 5.74) is 4.44. The van der Waals surface area contributed by atoms with E-state index in [9.17, 15) is 4.79 Å². The number of nitrogens with one attached hydrogen (secondary N) is 1. The SMILES string of the molecule is Cc1cc(NC(=O)c2cc3nc(-c4ccccc4)cc(-c4ccccc4)n3n2)no1. The Hall–Kier alpha value is -4.26. The number of aromatic nitrogens is 4. The summed E-state index contributed by atoms with van der Waals surface area (Å²) in [4.78, 5) is 17.4. The van der Waals surface area contributed by atoms with Crippen molar-refractivity contribution >= 4 is 17.4 Å². The number of carbonyl (C=O) groups excluding carboxylic acids is 1. The third kappa shape index (κ3) is 3.33. The van der Waals surface area contributed by atoms with Crippen molar-refractivity contribution in [3.8, 4) is 22.5 Å². The number of aryl methyl sites for hydroxylation is 1. The Labute approximate surface area is 172 Å². The van der Waals surface area contributed by atoms with E-state index in [1.54, 1.807) is 23.6 Å². The van der Waals surface area contributed by atoms with E-state index in [4.69, 9.17) is 9.51 Å². The number of rotatable bonds is 4. The van der Waals surface area contributed by atoms with Gasteiger partial charge in [0, 0.05) is 23.3 Å². The van der Waals surface area contributed by atoms with Crippen LogP contribution >= 0.6 is 0 Å². The van der Waals surface area contributed by atoms with Crippen molar-refractivity contribution in [2.24, 2.45) is 0 Å². The number of fused-ring (bicyclic) bond motifs is 1. The highest BCUT2D eigenvalue weighted by molar-refractivity contribution is 6.03. The van der Waals surface area contributed by atoms with E-state index < -0.39 is 0 Å². The van der Waals surface area contributed by atoms with Crippen molar-refractivity contribution in [3.63, 3.8) is 0 Å². The minimum absolute atomic E-state index is 0.241. The van der Waals surface area contributed by atoms with Gasteiger partial charge in [-0.15, -0.1) is 0 Å². The Bertz CT molecular complexity index is 1340. The smallest absolute Gasteiger partial charge is 0.277 e. The lowest BCUT2D eigenvalue weighted by atomic mass is 10.1. The summed E-state index contributed by atoms with van der Waals surface area (Å²) in [6, 6.07) is 25.1. The number of hydrogen-bond donors (Lipinski definition) is 1. The lowest BCUT2D eigenvalue weighted by Crippen LogP contribution is -2.13. The number of amides is 1. The molecule has 0 aliphatic heterocycles. The van der Waals surface area contributed by atoms with Gasteiger partial charge in [0.25, 0.3) is 5.91 Å². The first-order chi connectivity index (χ1) is 14.7. The highest BCUT2D eigenvalue weighted by Gasteiger charge is 2.17. The van der Waals surface area contributed by atoms with Crippen molar-refractivity contribution in [2.45, 2.75) is 6.92 Å². The predicted molar refractivity (Wildman–Crippen MR) is 113 cm³/mol. The normalized spacial score (nSPS) is 11.0. The van der Waals surface area contributed by atoms with Crippen LogP contribution in [0.2, 0.25) is 0 Å². The first-order valence-electron chi connectivity index (χ1n) is 9.44. The van der Waals surface area contributed by atoms with Gasteiger partial charge in [-0.05, 0) is 13.0 Å². The van der Waals surface area contributed by atoms with Gasteiger partial charge in [0.1, 0.15) is 5.76 Å². The predicted octanol–water partition coefficient (Wildman–Crippen LogP) is 4.61. The molecule has 1 amide bonds. The Balaban J connectivity index is 1.63. The van der Waals surface area contributed by atoms with Gasteiger partial charge in [-0.1, -0.05) is 65.8 Å². The zero-order valence-electron chi connectivity index (χ0n) is 16.1. The largest absolute Gasteiger partial charge is 0.360 e. The molecule has 0 atom stereocenters. The molecule has 0 aliphatic carbocycles. The average Bonchev–Trinajstić information content (AvgIpc) is 3.40. The van der Waals surface area contributed by atoms with Crippen LogP contribution in [0.1, 0.15) is 16.2 Å². The van der Waals surface area contributed by atoms with Crippen LogP contribution in [0.15, 0.2) is 83.4 Å². The highest BCUT2D eigenvalue weighted by Crippen LogP contribution is 2.26. The molecule has 3 aromatic heterocycles. The maximum absolute atomic E-state index is 12.7. The fourth-order valence-corrected chi connectivity index (χ4v) is 3.26. The molecule has 5 rings (SSSR count). The minimum atomic E-state index is -0.380. The van der Waals surface area contributed by atoms with Crippen LogP contribution in [-0.2, 0) is 0 Å². The molecule has 2 aromatic carbocycles. The lowest BCUT2D eigenvalue weighted by molar-refractivity contribution is 0.102. The van der Waals surface area contributed by atoms with Crippen LogP contribution in [0.3, 0.4) is 0 Å². The molecule has 7 nitrogen and oxygen atoms in total. The van der Waals surface area contributed by atoms with E-state index in [2.05, 4.69) is 15.6 Å². The van der Waals surface area contributed by atoms with Gasteiger partial charge in [0.15, 0.2) is 17.2 Å². The number of benzene rings is 2. The van der Waals surface area contributed by atoms with E-state index in [-0.39, 0.29) is 11.6 Å². The van der Waals surface area contributed by atoms with Crippen molar-refractivity contribution in [1.29, 1.82) is 0 Å². The van der Waals surface area contributed by atoms with Gasteiger partial charge in [-0.25, -0.2) is 9.50 Å². The summed E-state index contributed by atoms with van der Waals surface area (Å²) in [5, 5.41) is 11.0. The second-order valence-electron chi connectivity index (χ2n) is 6.84. The number of anilines is 1. The molecule has 0 saturated carbocycles. The van der Waals surface area contributed by atoms with E-state index in [1.165, 1.54) is 0 Å². The molecular formula is C23H17N5O2. The quantitative estimate of drug-likeness (QED) is 0.480. The Kier molecular flexibility index (Phi) is 4.33. The van der Waals surface area contributed by atoms with E-state index in [0.717, 1.165) is 22.5 Å². The number of nitrogens with zero attached hydrogens (tertiary/aromatic N) is 4. The summed E-state index contributed by atoms with van der Waals surface area (Å²) in [7, 11) is 0. The highest BCUT2D eigenvalue weighted by atomic mass is 16.5. The van der Waals surface area contributed by atoms with Crippen molar-refractivity contribution in [3.05, 3.63) is 90.3 Å². The third-order valence-corrected chi connectivity index (χ3v) is 4.67. The van der Waals surface area contributed by atoms with Crippen LogP contribution < -0.4 is 5.32 Å². The second-order valence-corrected chi connectivity index (χ2v) is 6.84. The molecule has 3 heterocycles. The topological polar surface area (TPSA) is 85.3 Å².